The molecule has 1 N–H and O–H groups in total. The summed E-state index contributed by atoms with van der Waals surface area (Å²) in [5.41, 5.74) is 0.450. The molecule has 1 aromatic heterocycles. The highest BCUT2D eigenvalue weighted by atomic mass is 35.5. The number of aromatic nitrogens is 1. The molecule has 0 bridgehead atoms. The number of rotatable bonds is 6. The number of ketones is 1. The first kappa shape index (κ1) is 26.5. The van der Waals surface area contributed by atoms with Crippen molar-refractivity contribution in [2.45, 2.75) is 56.1 Å². The van der Waals surface area contributed by atoms with E-state index < -0.39 is 11.6 Å². The van der Waals surface area contributed by atoms with E-state index >= 15 is 0 Å². The van der Waals surface area contributed by atoms with E-state index in [1.54, 1.807) is 24.2 Å². The van der Waals surface area contributed by atoms with Gasteiger partial charge < -0.3 is 15.0 Å². The maximum atomic E-state index is 14.5. The van der Waals surface area contributed by atoms with Crippen LogP contribution in [0.2, 0.25) is 5.02 Å². The molecule has 5 rings (SSSR count). The fraction of sp³-hybridized carbons (Fsp3) is 0.517. The summed E-state index contributed by atoms with van der Waals surface area (Å²) in [6.45, 7) is 2.33. The lowest BCUT2D eigenvalue weighted by molar-refractivity contribution is -0.134. The van der Waals surface area contributed by atoms with Gasteiger partial charge in [0, 0.05) is 56.3 Å². The van der Waals surface area contributed by atoms with Gasteiger partial charge in [0.25, 0.3) is 0 Å². The van der Waals surface area contributed by atoms with Crippen LogP contribution in [-0.2, 0) is 9.53 Å². The topological polar surface area (TPSA) is 98.6 Å². The summed E-state index contributed by atoms with van der Waals surface area (Å²) < 4.78 is 5.89. The van der Waals surface area contributed by atoms with E-state index in [0.29, 0.717) is 49.6 Å². The number of hydrogen-bond acceptors (Lipinski definition) is 7. The van der Waals surface area contributed by atoms with E-state index in [4.69, 9.17) is 21.6 Å². The largest absolute Gasteiger partial charge is 0.446 e. The number of Topliss-reactive ketones (excluding diaryl/α,β-unsaturated/α-hetero) is 1. The van der Waals surface area contributed by atoms with E-state index in [1.807, 2.05) is 30.3 Å². The number of ether oxygens (including phenoxy) is 1. The maximum absolute atomic E-state index is 14.5. The Balaban J connectivity index is 1.39. The van der Waals surface area contributed by atoms with Gasteiger partial charge in [-0.2, -0.15) is 5.26 Å². The normalized spacial score (nSPS) is 24.2. The smallest absolute Gasteiger partial charge is 0.410 e. The molecule has 2 aliphatic heterocycles. The third kappa shape index (κ3) is 5.10. The fourth-order valence-electron chi connectivity index (χ4n) is 6.32. The van der Waals surface area contributed by atoms with E-state index in [2.05, 4.69) is 21.3 Å². The highest BCUT2D eigenvalue weighted by Gasteiger charge is 2.56. The standard InChI is InChI=1S/C29H34ClN5O3/c1-34(28(37)38-24-4-2-3-5-24)29(19-32-18-25(29)21-7-9-23(30)10-8-21)27(36)22-12-14-35(15-13-22)26-11-6-20(16-31)17-33-26/h6-11,17,22,24-25,32H,2-5,12-15,18-19H2,1H3/t25-,29+/m0/s1. The van der Waals surface area contributed by atoms with Crippen molar-refractivity contribution in [3.05, 3.63) is 58.7 Å². The first-order valence-electron chi connectivity index (χ1n) is 13.5. The van der Waals surface area contributed by atoms with Crippen LogP contribution in [0.5, 0.6) is 0 Å². The molecule has 200 valence electrons. The van der Waals surface area contributed by atoms with Crippen LogP contribution in [0.3, 0.4) is 0 Å². The molecule has 3 heterocycles. The van der Waals surface area contributed by atoms with Gasteiger partial charge in [-0.15, -0.1) is 0 Å². The van der Waals surface area contributed by atoms with Crippen molar-refractivity contribution >= 4 is 29.3 Å². The molecule has 8 nitrogen and oxygen atoms in total. The molecule has 1 aromatic carbocycles. The van der Waals surface area contributed by atoms with Gasteiger partial charge in [-0.05, 0) is 68.4 Å². The van der Waals surface area contributed by atoms with Crippen LogP contribution in [0.1, 0.15) is 55.6 Å². The number of nitrogens with one attached hydrogen (secondary N) is 1. The zero-order valence-corrected chi connectivity index (χ0v) is 22.5. The number of anilines is 1. The summed E-state index contributed by atoms with van der Waals surface area (Å²) in [4.78, 5) is 36.1. The Morgan fingerprint density at radius 1 is 1.13 bits per heavy atom. The van der Waals surface area contributed by atoms with Gasteiger partial charge in [0.1, 0.15) is 23.5 Å². The molecule has 9 heteroatoms. The summed E-state index contributed by atoms with van der Waals surface area (Å²) in [5, 5.41) is 13.1. The lowest BCUT2D eigenvalue weighted by atomic mass is 9.72. The van der Waals surface area contributed by atoms with Crippen LogP contribution in [0.4, 0.5) is 10.6 Å². The molecule has 3 aliphatic rings. The molecule has 1 saturated carbocycles. The Bertz CT molecular complexity index is 1180. The molecular weight excluding hydrogens is 502 g/mol. The molecular formula is C29H34ClN5O3. The molecule has 2 saturated heterocycles. The predicted octanol–water partition coefficient (Wildman–Crippen LogP) is 4.53. The number of likely N-dealkylation sites (N-methyl/N-ethyl adjacent to an activating group) is 1. The Morgan fingerprint density at radius 2 is 1.84 bits per heavy atom. The average molecular weight is 536 g/mol. The van der Waals surface area contributed by atoms with Crippen LogP contribution in [-0.4, -0.2) is 66.6 Å². The number of benzene rings is 1. The van der Waals surface area contributed by atoms with E-state index in [-0.39, 0.29) is 23.7 Å². The first-order valence-corrected chi connectivity index (χ1v) is 13.9. The highest BCUT2D eigenvalue weighted by Crippen LogP contribution is 2.41. The van der Waals surface area contributed by atoms with Crippen LogP contribution in [0, 0.1) is 17.2 Å². The second kappa shape index (κ2) is 11.3. The number of carbonyl (C=O) groups excluding carboxylic acids is 2. The number of pyridine rings is 1. The first-order chi connectivity index (χ1) is 18.4. The Labute approximate surface area is 228 Å². The summed E-state index contributed by atoms with van der Waals surface area (Å²) in [5.74, 6) is 0.483. The van der Waals surface area contributed by atoms with Gasteiger partial charge in [-0.25, -0.2) is 9.78 Å². The molecule has 38 heavy (non-hydrogen) atoms. The second-order valence-corrected chi connectivity index (χ2v) is 11.1. The monoisotopic (exact) mass is 535 g/mol. The van der Waals surface area contributed by atoms with Crippen molar-refractivity contribution in [3.8, 4) is 6.07 Å². The van der Waals surface area contributed by atoms with Crippen molar-refractivity contribution < 1.29 is 14.3 Å². The number of piperidine rings is 1. The molecule has 3 fully saturated rings. The van der Waals surface area contributed by atoms with Crippen LogP contribution in [0.15, 0.2) is 42.6 Å². The van der Waals surface area contributed by atoms with Gasteiger partial charge in [0.05, 0.1) is 5.56 Å². The minimum Gasteiger partial charge on any atom is -0.446 e. The van der Waals surface area contributed by atoms with Gasteiger partial charge >= 0.3 is 6.09 Å². The second-order valence-electron chi connectivity index (χ2n) is 10.7. The van der Waals surface area contributed by atoms with Crippen molar-refractivity contribution in [1.82, 2.24) is 15.2 Å². The fourth-order valence-corrected chi connectivity index (χ4v) is 6.44. The number of hydrogen-bond donors (Lipinski definition) is 1. The average Bonchev–Trinajstić information content (AvgIpc) is 3.64. The lowest BCUT2D eigenvalue weighted by Crippen LogP contribution is -2.62. The third-order valence-electron chi connectivity index (χ3n) is 8.53. The minimum absolute atomic E-state index is 0.0800. The van der Waals surface area contributed by atoms with Crippen LogP contribution in [0.25, 0.3) is 0 Å². The summed E-state index contributed by atoms with van der Waals surface area (Å²) in [7, 11) is 1.72. The number of halogens is 1. The zero-order valence-electron chi connectivity index (χ0n) is 21.7. The highest BCUT2D eigenvalue weighted by molar-refractivity contribution is 6.30. The Hall–Kier alpha value is -3.15. The van der Waals surface area contributed by atoms with Crippen LogP contribution >= 0.6 is 11.6 Å². The Morgan fingerprint density at radius 3 is 2.47 bits per heavy atom. The molecule has 0 unspecified atom stereocenters. The Kier molecular flexibility index (Phi) is 7.87. The van der Waals surface area contributed by atoms with Crippen LogP contribution < -0.4 is 10.2 Å². The number of nitrogens with zero attached hydrogens (tertiary/aromatic N) is 4. The quantitative estimate of drug-likeness (QED) is 0.580. The molecule has 2 atom stereocenters. The summed E-state index contributed by atoms with van der Waals surface area (Å²) in [6, 6.07) is 13.3. The molecule has 1 aliphatic carbocycles. The minimum atomic E-state index is -1.05. The van der Waals surface area contributed by atoms with Crippen molar-refractivity contribution in [3.63, 3.8) is 0 Å². The summed E-state index contributed by atoms with van der Waals surface area (Å²) >= 11 is 6.17. The van der Waals surface area contributed by atoms with Gasteiger partial charge in [-0.1, -0.05) is 23.7 Å². The number of carbonyl (C=O) groups is 2. The third-order valence-corrected chi connectivity index (χ3v) is 8.78. The zero-order chi connectivity index (χ0) is 26.7. The molecule has 2 aromatic rings. The van der Waals surface area contributed by atoms with E-state index in [0.717, 1.165) is 37.1 Å². The SMILES string of the molecule is CN(C(=O)OC1CCCC1)[C@]1(C(=O)C2CCN(c3ccc(C#N)cn3)CC2)CNC[C@H]1c1ccc(Cl)cc1. The van der Waals surface area contributed by atoms with E-state index in [1.165, 1.54) is 0 Å². The van der Waals surface area contributed by atoms with Crippen molar-refractivity contribution in [2.75, 3.05) is 38.1 Å². The maximum Gasteiger partial charge on any atom is 0.410 e. The predicted molar refractivity (Wildman–Crippen MR) is 145 cm³/mol. The van der Waals surface area contributed by atoms with E-state index in [9.17, 15) is 9.59 Å². The lowest BCUT2D eigenvalue weighted by Gasteiger charge is -2.44. The van der Waals surface area contributed by atoms with Gasteiger partial charge in [0.15, 0.2) is 5.78 Å². The number of nitriles is 1. The van der Waals surface area contributed by atoms with Crippen molar-refractivity contribution in [1.29, 1.82) is 5.26 Å². The van der Waals surface area contributed by atoms with Crippen molar-refractivity contribution in [2.24, 2.45) is 5.92 Å². The molecule has 0 radical (unpaired) electrons. The van der Waals surface area contributed by atoms with Gasteiger partial charge in [0.2, 0.25) is 0 Å². The molecule has 0 spiro atoms. The number of amides is 1. The van der Waals surface area contributed by atoms with Gasteiger partial charge in [-0.3, -0.25) is 9.69 Å². The molecule has 1 amide bonds. The summed E-state index contributed by atoms with van der Waals surface area (Å²) in [6.07, 6.45) is 6.29.